The van der Waals surface area contributed by atoms with Gasteiger partial charge in [0, 0.05) is 42.1 Å². The number of benzene rings is 2. The smallest absolute Gasteiger partial charge is 0.250 e. The number of nitrogens with zero attached hydrogens (tertiary/aromatic N) is 1. The van der Waals surface area contributed by atoms with Crippen LogP contribution in [0.3, 0.4) is 0 Å². The van der Waals surface area contributed by atoms with Crippen molar-refractivity contribution >= 4 is 34.9 Å². The molecule has 26 heavy (non-hydrogen) atoms. The van der Waals surface area contributed by atoms with Gasteiger partial charge in [0.15, 0.2) is 0 Å². The Hall–Kier alpha value is -2.44. The predicted octanol–water partition coefficient (Wildman–Crippen LogP) is 4.91. The van der Waals surface area contributed by atoms with Crippen molar-refractivity contribution in [1.29, 1.82) is 0 Å². The zero-order valence-electron chi connectivity index (χ0n) is 14.0. The molecule has 0 fully saturated rings. The molecule has 2 aromatic carbocycles. The van der Waals surface area contributed by atoms with Gasteiger partial charge in [-0.05, 0) is 42.3 Å². The second kappa shape index (κ2) is 8.29. The van der Waals surface area contributed by atoms with Crippen LogP contribution in [0.2, 0.25) is 5.02 Å². The van der Waals surface area contributed by atoms with E-state index in [1.807, 2.05) is 24.3 Å². The Balaban J connectivity index is 1.71. The summed E-state index contributed by atoms with van der Waals surface area (Å²) < 4.78 is 18.6. The number of anilines is 2. The molecule has 0 aliphatic heterocycles. The first-order valence-electron chi connectivity index (χ1n) is 7.90. The van der Waals surface area contributed by atoms with E-state index in [2.05, 4.69) is 10.0 Å². The lowest BCUT2D eigenvalue weighted by Crippen LogP contribution is -2.14. The van der Waals surface area contributed by atoms with Crippen LogP contribution in [0.4, 0.5) is 15.8 Å². The zero-order chi connectivity index (χ0) is 18.5. The van der Waals surface area contributed by atoms with Gasteiger partial charge in [-0.25, -0.2) is 4.39 Å². The minimum absolute atomic E-state index is 0.0654. The van der Waals surface area contributed by atoms with E-state index in [0.717, 1.165) is 16.3 Å². The molecule has 0 saturated carbocycles. The van der Waals surface area contributed by atoms with Gasteiger partial charge in [0.05, 0.1) is 10.6 Å². The van der Waals surface area contributed by atoms with E-state index in [1.54, 1.807) is 31.4 Å². The summed E-state index contributed by atoms with van der Waals surface area (Å²) in [5.74, 6) is -0.335. The standard InChI is InChI=1S/C19H17ClFN3OS/c1-24-12-13(9-10-19(24)25)23-26-18-8-3-2-7-17(18)22-11-14-15(20)5-4-6-16(14)21/h2-10,12,22-23H,11H2,1H3. The number of halogens is 2. The fourth-order valence-electron chi connectivity index (χ4n) is 2.35. The largest absolute Gasteiger partial charge is 0.380 e. The SMILES string of the molecule is Cn1cc(NSc2ccccc2NCc2c(F)cccc2Cl)ccc1=O. The molecule has 0 aliphatic rings. The van der Waals surface area contributed by atoms with Crippen LogP contribution in [0.1, 0.15) is 5.56 Å². The third-order valence-electron chi connectivity index (χ3n) is 3.77. The second-order valence-electron chi connectivity index (χ2n) is 5.62. The summed E-state index contributed by atoms with van der Waals surface area (Å²) in [7, 11) is 1.70. The second-order valence-corrected chi connectivity index (χ2v) is 6.88. The number of rotatable bonds is 6. The zero-order valence-corrected chi connectivity index (χ0v) is 15.6. The molecule has 0 radical (unpaired) electrons. The van der Waals surface area contributed by atoms with E-state index >= 15 is 0 Å². The van der Waals surface area contributed by atoms with Gasteiger partial charge in [0.25, 0.3) is 0 Å². The topological polar surface area (TPSA) is 46.1 Å². The molecule has 0 aliphatic carbocycles. The van der Waals surface area contributed by atoms with Crippen LogP contribution in [-0.2, 0) is 13.6 Å². The maximum atomic E-state index is 13.9. The van der Waals surface area contributed by atoms with E-state index in [0.29, 0.717) is 10.6 Å². The van der Waals surface area contributed by atoms with Crippen molar-refractivity contribution in [3.05, 3.63) is 87.6 Å². The molecular weight excluding hydrogens is 373 g/mol. The van der Waals surface area contributed by atoms with Crippen molar-refractivity contribution in [2.75, 3.05) is 10.0 Å². The number of aryl methyl sites for hydroxylation is 1. The summed E-state index contributed by atoms with van der Waals surface area (Å²) in [5, 5.41) is 3.62. The van der Waals surface area contributed by atoms with E-state index in [-0.39, 0.29) is 17.9 Å². The first kappa shape index (κ1) is 18.4. The highest BCUT2D eigenvalue weighted by atomic mass is 35.5. The van der Waals surface area contributed by atoms with E-state index in [9.17, 15) is 9.18 Å². The van der Waals surface area contributed by atoms with Crippen LogP contribution < -0.4 is 15.6 Å². The number of para-hydroxylation sites is 1. The van der Waals surface area contributed by atoms with Gasteiger partial charge in [0.1, 0.15) is 5.82 Å². The summed E-state index contributed by atoms with van der Waals surface area (Å²) >= 11 is 7.48. The molecule has 0 amide bonds. The number of hydrogen-bond donors (Lipinski definition) is 2. The van der Waals surface area contributed by atoms with Gasteiger partial charge in [-0.1, -0.05) is 29.8 Å². The minimum Gasteiger partial charge on any atom is -0.380 e. The lowest BCUT2D eigenvalue weighted by Gasteiger charge is -2.14. The molecular formula is C19H17ClFN3OS. The van der Waals surface area contributed by atoms with Crippen molar-refractivity contribution in [3.63, 3.8) is 0 Å². The Bertz CT molecular complexity index is 957. The van der Waals surface area contributed by atoms with E-state index in [1.165, 1.54) is 28.6 Å². The third-order valence-corrected chi connectivity index (χ3v) is 5.04. The Morgan fingerprint density at radius 1 is 1.12 bits per heavy atom. The molecule has 3 rings (SSSR count). The highest BCUT2D eigenvalue weighted by molar-refractivity contribution is 8.00. The monoisotopic (exact) mass is 389 g/mol. The van der Waals surface area contributed by atoms with E-state index in [4.69, 9.17) is 11.6 Å². The van der Waals surface area contributed by atoms with Crippen LogP contribution in [0.5, 0.6) is 0 Å². The van der Waals surface area contributed by atoms with Gasteiger partial charge in [-0.2, -0.15) is 0 Å². The van der Waals surface area contributed by atoms with Crippen LogP contribution >= 0.6 is 23.5 Å². The normalized spacial score (nSPS) is 10.6. The molecule has 0 spiro atoms. The fourth-order valence-corrected chi connectivity index (χ4v) is 3.33. The van der Waals surface area contributed by atoms with Gasteiger partial charge in [-0.15, -0.1) is 0 Å². The first-order chi connectivity index (χ1) is 12.5. The number of hydrogen-bond acceptors (Lipinski definition) is 4. The molecule has 0 atom stereocenters. The van der Waals surface area contributed by atoms with Crippen molar-refractivity contribution < 1.29 is 4.39 Å². The summed E-state index contributed by atoms with van der Waals surface area (Å²) in [4.78, 5) is 12.4. The van der Waals surface area contributed by atoms with Gasteiger partial charge < -0.3 is 14.6 Å². The van der Waals surface area contributed by atoms with Crippen LogP contribution in [0.15, 0.2) is 70.5 Å². The quantitative estimate of drug-likeness (QED) is 0.588. The van der Waals surface area contributed by atoms with Crippen molar-refractivity contribution in [1.82, 2.24) is 4.57 Å². The summed E-state index contributed by atoms with van der Waals surface area (Å²) in [6.45, 7) is 0.281. The number of aromatic nitrogens is 1. The molecule has 2 N–H and O–H groups in total. The van der Waals surface area contributed by atoms with Crippen molar-refractivity contribution in [2.24, 2.45) is 7.05 Å². The fraction of sp³-hybridized carbons (Fsp3) is 0.105. The molecule has 4 nitrogen and oxygen atoms in total. The van der Waals surface area contributed by atoms with Crippen LogP contribution in [0, 0.1) is 5.82 Å². The minimum atomic E-state index is -0.335. The summed E-state index contributed by atoms with van der Waals surface area (Å²) in [5.41, 5.74) is 2.03. The Labute approximate surface area is 160 Å². The lowest BCUT2D eigenvalue weighted by atomic mass is 10.2. The third kappa shape index (κ3) is 4.39. The Morgan fingerprint density at radius 2 is 1.92 bits per heavy atom. The highest BCUT2D eigenvalue weighted by Gasteiger charge is 2.08. The number of pyridine rings is 1. The maximum absolute atomic E-state index is 13.9. The molecule has 1 heterocycles. The van der Waals surface area contributed by atoms with Crippen LogP contribution in [0.25, 0.3) is 0 Å². The number of nitrogens with one attached hydrogen (secondary N) is 2. The summed E-state index contributed by atoms with van der Waals surface area (Å²) in [6, 6.07) is 15.6. The lowest BCUT2D eigenvalue weighted by molar-refractivity contribution is 0.613. The Morgan fingerprint density at radius 3 is 2.69 bits per heavy atom. The van der Waals surface area contributed by atoms with Gasteiger partial charge >= 0.3 is 0 Å². The van der Waals surface area contributed by atoms with Crippen LogP contribution in [-0.4, -0.2) is 4.57 Å². The molecule has 3 aromatic rings. The van der Waals surface area contributed by atoms with Gasteiger partial charge in [-0.3, -0.25) is 4.79 Å². The predicted molar refractivity (Wildman–Crippen MR) is 106 cm³/mol. The van der Waals surface area contributed by atoms with E-state index < -0.39 is 0 Å². The highest BCUT2D eigenvalue weighted by Crippen LogP contribution is 2.29. The molecule has 1 aromatic heterocycles. The van der Waals surface area contributed by atoms with Gasteiger partial charge in [0.2, 0.25) is 5.56 Å². The molecule has 0 bridgehead atoms. The maximum Gasteiger partial charge on any atom is 0.250 e. The molecule has 7 heteroatoms. The van der Waals surface area contributed by atoms with Crippen molar-refractivity contribution in [3.8, 4) is 0 Å². The molecule has 134 valence electrons. The molecule has 0 saturated heterocycles. The van der Waals surface area contributed by atoms with Crippen molar-refractivity contribution in [2.45, 2.75) is 11.4 Å². The average Bonchev–Trinajstić information content (AvgIpc) is 2.63. The Kier molecular flexibility index (Phi) is 5.85. The first-order valence-corrected chi connectivity index (χ1v) is 9.09. The average molecular weight is 390 g/mol. The molecule has 0 unspecified atom stereocenters. The summed E-state index contributed by atoms with van der Waals surface area (Å²) in [6.07, 6.45) is 1.73.